The van der Waals surface area contributed by atoms with E-state index in [9.17, 15) is 0 Å². The van der Waals surface area contributed by atoms with E-state index in [-0.39, 0.29) is 0 Å². The molecule has 0 aromatic carbocycles. The Hall–Kier alpha value is -1.58. The normalized spacial score (nSPS) is 24.3. The first-order chi connectivity index (χ1) is 7.88. The minimum Gasteiger partial charge on any atom is -0.335 e. The second kappa shape index (κ2) is 3.77. The summed E-state index contributed by atoms with van der Waals surface area (Å²) in [5.74, 6) is 2.52. The molecule has 1 fully saturated rings. The number of aromatic amines is 1. The van der Waals surface area contributed by atoms with Crippen molar-refractivity contribution < 1.29 is 0 Å². The Bertz CT molecular complexity index is 451. The summed E-state index contributed by atoms with van der Waals surface area (Å²) < 4.78 is 2.24. The quantitative estimate of drug-likeness (QED) is 0.855. The molecule has 0 spiro atoms. The zero-order valence-electron chi connectivity index (χ0n) is 9.43. The predicted octanol–water partition coefficient (Wildman–Crippen LogP) is 2.29. The van der Waals surface area contributed by atoms with Gasteiger partial charge in [-0.2, -0.15) is 5.10 Å². The third-order valence-electron chi connectivity index (χ3n) is 3.55. The molecule has 1 N–H and O–H groups in total. The zero-order chi connectivity index (χ0) is 11.0. The van der Waals surface area contributed by atoms with Crippen molar-refractivity contribution in [2.45, 2.75) is 38.1 Å². The lowest BCUT2D eigenvalue weighted by Gasteiger charge is -2.34. The smallest absolute Gasteiger partial charge is 0.111 e. The van der Waals surface area contributed by atoms with Crippen LogP contribution in [0.1, 0.15) is 43.1 Å². The van der Waals surface area contributed by atoms with E-state index in [4.69, 9.17) is 0 Å². The first-order valence-corrected chi connectivity index (χ1v) is 5.88. The summed E-state index contributed by atoms with van der Waals surface area (Å²) in [6.07, 6.45) is 8.19. The minimum absolute atomic E-state index is 0.628. The molecule has 1 saturated carbocycles. The molecule has 4 heteroatoms. The third-order valence-corrected chi connectivity index (χ3v) is 3.55. The van der Waals surface area contributed by atoms with Gasteiger partial charge in [0.15, 0.2) is 0 Å². The van der Waals surface area contributed by atoms with Crippen LogP contribution in [0.15, 0.2) is 24.7 Å². The molecular weight excluding hydrogens is 200 g/mol. The van der Waals surface area contributed by atoms with Crippen LogP contribution < -0.4 is 0 Å². The summed E-state index contributed by atoms with van der Waals surface area (Å²) in [7, 11) is 0. The topological polar surface area (TPSA) is 46.5 Å². The Morgan fingerprint density at radius 1 is 1.38 bits per heavy atom. The van der Waals surface area contributed by atoms with Crippen molar-refractivity contribution in [1.82, 2.24) is 19.7 Å². The van der Waals surface area contributed by atoms with Gasteiger partial charge in [0.1, 0.15) is 5.82 Å². The highest BCUT2D eigenvalue weighted by atomic mass is 15.1. The molecule has 0 amide bonds. The molecule has 0 atom stereocenters. The number of nitrogens with one attached hydrogen (secondary N) is 1. The van der Waals surface area contributed by atoms with E-state index in [0.29, 0.717) is 11.8 Å². The van der Waals surface area contributed by atoms with Gasteiger partial charge in [-0.1, -0.05) is 0 Å². The average molecular weight is 216 g/mol. The molecule has 0 bridgehead atoms. The molecule has 3 rings (SSSR count). The first-order valence-electron chi connectivity index (χ1n) is 5.88. The van der Waals surface area contributed by atoms with E-state index in [0.717, 1.165) is 6.54 Å². The highest BCUT2D eigenvalue weighted by Gasteiger charge is 2.34. The van der Waals surface area contributed by atoms with Crippen LogP contribution in [-0.4, -0.2) is 19.7 Å². The van der Waals surface area contributed by atoms with Crippen LogP contribution in [0.25, 0.3) is 0 Å². The van der Waals surface area contributed by atoms with Crippen molar-refractivity contribution >= 4 is 0 Å². The molecule has 0 unspecified atom stereocenters. The van der Waals surface area contributed by atoms with Crippen molar-refractivity contribution in [3.63, 3.8) is 0 Å². The maximum atomic E-state index is 4.46. The average Bonchev–Trinajstić information content (AvgIpc) is 2.85. The van der Waals surface area contributed by atoms with E-state index < -0.39 is 0 Å². The van der Waals surface area contributed by atoms with Gasteiger partial charge in [0, 0.05) is 42.7 Å². The molecule has 4 nitrogen and oxygen atoms in total. The fourth-order valence-corrected chi connectivity index (χ4v) is 2.52. The molecule has 2 aromatic heterocycles. The number of hydrogen-bond acceptors (Lipinski definition) is 2. The summed E-state index contributed by atoms with van der Waals surface area (Å²) in [6, 6.07) is 2.08. The third kappa shape index (κ3) is 1.45. The minimum atomic E-state index is 0.628. The number of hydrogen-bond donors (Lipinski definition) is 1. The summed E-state index contributed by atoms with van der Waals surface area (Å²) in [4.78, 5) is 4.46. The van der Waals surface area contributed by atoms with Gasteiger partial charge in [0.25, 0.3) is 0 Å². The maximum Gasteiger partial charge on any atom is 0.111 e. The Morgan fingerprint density at radius 3 is 2.94 bits per heavy atom. The SMILES string of the molecule is CCn1ccnc1C1CC(c2ccn[nH]2)C1. The van der Waals surface area contributed by atoms with Crippen LogP contribution in [0.2, 0.25) is 0 Å². The molecule has 1 aliphatic carbocycles. The van der Waals surface area contributed by atoms with Gasteiger partial charge in [-0.3, -0.25) is 5.10 Å². The fourth-order valence-electron chi connectivity index (χ4n) is 2.52. The molecule has 0 saturated heterocycles. The van der Waals surface area contributed by atoms with E-state index >= 15 is 0 Å². The van der Waals surface area contributed by atoms with E-state index in [1.807, 2.05) is 12.4 Å². The molecule has 0 radical (unpaired) electrons. The Kier molecular flexibility index (Phi) is 2.27. The molecule has 0 aliphatic heterocycles. The first kappa shape index (κ1) is 9.63. The standard InChI is InChI=1S/C12H16N4/c1-2-16-6-5-13-12(16)10-7-9(8-10)11-3-4-14-15-11/h3-6,9-10H,2,7-8H2,1H3,(H,14,15). The molecule has 2 heterocycles. The van der Waals surface area contributed by atoms with Crippen LogP contribution in [0.5, 0.6) is 0 Å². The van der Waals surface area contributed by atoms with E-state index in [2.05, 4.69) is 38.9 Å². The molecule has 2 aromatic rings. The lowest BCUT2D eigenvalue weighted by Crippen LogP contribution is -2.23. The number of imidazole rings is 1. The lowest BCUT2D eigenvalue weighted by atomic mass is 9.73. The maximum absolute atomic E-state index is 4.46. The van der Waals surface area contributed by atoms with Crippen LogP contribution in [0, 0.1) is 0 Å². The van der Waals surface area contributed by atoms with Gasteiger partial charge in [-0.25, -0.2) is 4.98 Å². The highest BCUT2D eigenvalue weighted by Crippen LogP contribution is 2.46. The van der Waals surface area contributed by atoms with E-state index in [1.54, 1.807) is 0 Å². The number of nitrogens with zero attached hydrogens (tertiary/aromatic N) is 3. The summed E-state index contributed by atoms with van der Waals surface area (Å²) in [5.41, 5.74) is 1.27. The number of aromatic nitrogens is 4. The van der Waals surface area contributed by atoms with Crippen LogP contribution in [0.4, 0.5) is 0 Å². The van der Waals surface area contributed by atoms with Crippen LogP contribution in [-0.2, 0) is 6.54 Å². The summed E-state index contributed by atoms with van der Waals surface area (Å²) in [5, 5.41) is 7.06. The summed E-state index contributed by atoms with van der Waals surface area (Å²) >= 11 is 0. The molecular formula is C12H16N4. The second-order valence-corrected chi connectivity index (χ2v) is 4.45. The van der Waals surface area contributed by atoms with Crippen LogP contribution in [0.3, 0.4) is 0 Å². The monoisotopic (exact) mass is 216 g/mol. The van der Waals surface area contributed by atoms with Gasteiger partial charge in [0.2, 0.25) is 0 Å². The fraction of sp³-hybridized carbons (Fsp3) is 0.500. The lowest BCUT2D eigenvalue weighted by molar-refractivity contribution is 0.323. The van der Waals surface area contributed by atoms with Gasteiger partial charge < -0.3 is 4.57 Å². The Balaban J connectivity index is 1.69. The van der Waals surface area contributed by atoms with Gasteiger partial charge in [0.05, 0.1) is 0 Å². The molecule has 84 valence electrons. The highest BCUT2D eigenvalue weighted by molar-refractivity contribution is 5.17. The van der Waals surface area contributed by atoms with Crippen molar-refractivity contribution in [3.8, 4) is 0 Å². The number of aryl methyl sites for hydroxylation is 1. The number of rotatable bonds is 3. The molecule has 1 aliphatic rings. The largest absolute Gasteiger partial charge is 0.335 e. The van der Waals surface area contributed by atoms with E-state index in [1.165, 1.54) is 24.4 Å². The number of H-pyrrole nitrogens is 1. The second-order valence-electron chi connectivity index (χ2n) is 4.45. The zero-order valence-corrected chi connectivity index (χ0v) is 9.43. The van der Waals surface area contributed by atoms with Crippen molar-refractivity contribution in [1.29, 1.82) is 0 Å². The Labute approximate surface area is 94.7 Å². The van der Waals surface area contributed by atoms with Crippen LogP contribution >= 0.6 is 0 Å². The van der Waals surface area contributed by atoms with Crippen molar-refractivity contribution in [2.75, 3.05) is 0 Å². The van der Waals surface area contributed by atoms with Gasteiger partial charge in [-0.15, -0.1) is 0 Å². The molecule has 16 heavy (non-hydrogen) atoms. The predicted molar refractivity (Wildman–Crippen MR) is 61.2 cm³/mol. The summed E-state index contributed by atoms with van der Waals surface area (Å²) in [6.45, 7) is 3.18. The van der Waals surface area contributed by atoms with Crippen molar-refractivity contribution in [2.24, 2.45) is 0 Å². The van der Waals surface area contributed by atoms with Gasteiger partial charge in [-0.05, 0) is 25.8 Å². The Morgan fingerprint density at radius 2 is 2.25 bits per heavy atom. The van der Waals surface area contributed by atoms with Crippen molar-refractivity contribution in [3.05, 3.63) is 36.2 Å². The van der Waals surface area contributed by atoms with Gasteiger partial charge >= 0.3 is 0 Å².